The summed E-state index contributed by atoms with van der Waals surface area (Å²) >= 11 is 0. The van der Waals surface area contributed by atoms with Gasteiger partial charge >= 0.3 is 11.8 Å². The van der Waals surface area contributed by atoms with Gasteiger partial charge in [0.1, 0.15) is 5.75 Å². The van der Waals surface area contributed by atoms with Crippen molar-refractivity contribution >= 4 is 29.6 Å². The minimum absolute atomic E-state index is 0.240. The summed E-state index contributed by atoms with van der Waals surface area (Å²) < 4.78 is 5.20. The first-order valence-electron chi connectivity index (χ1n) is 9.20. The maximum absolute atomic E-state index is 12.2. The van der Waals surface area contributed by atoms with Crippen molar-refractivity contribution in [2.45, 2.75) is 26.7 Å². The summed E-state index contributed by atoms with van der Waals surface area (Å²) in [5, 5.41) is 6.47. The number of para-hydroxylation sites is 1. The number of anilines is 1. The van der Waals surface area contributed by atoms with Crippen LogP contribution in [0.5, 0.6) is 5.75 Å². The maximum Gasteiger partial charge on any atom is 0.329 e. The highest BCUT2D eigenvalue weighted by atomic mass is 16.5. The number of nitrogens with one attached hydrogen (secondary N) is 2. The van der Waals surface area contributed by atoms with Crippen molar-refractivity contribution < 1.29 is 19.1 Å². The number of ether oxygens (including phenoxy) is 1. The fourth-order valence-electron chi connectivity index (χ4n) is 2.63. The Hall–Kier alpha value is -3.68. The topological polar surface area (TPSA) is 123 Å². The number of hydrazone groups is 1. The molecule has 0 saturated heterocycles. The summed E-state index contributed by atoms with van der Waals surface area (Å²) in [6, 6.07) is 12.4. The quantitative estimate of drug-likeness (QED) is 0.357. The molecule has 29 heavy (non-hydrogen) atoms. The number of hydrogen-bond donors (Lipinski definition) is 3. The Morgan fingerprint density at radius 2 is 1.69 bits per heavy atom. The summed E-state index contributed by atoms with van der Waals surface area (Å²) in [5.74, 6) is -1.83. The first-order chi connectivity index (χ1) is 13.9. The predicted octanol–water partition coefficient (Wildman–Crippen LogP) is 1.76. The van der Waals surface area contributed by atoms with Crippen LogP contribution in [-0.2, 0) is 27.2 Å². The monoisotopic (exact) mass is 396 g/mol. The Balaban J connectivity index is 1.98. The van der Waals surface area contributed by atoms with Crippen molar-refractivity contribution in [3.05, 3.63) is 59.2 Å². The second kappa shape index (κ2) is 10.6. The van der Waals surface area contributed by atoms with Gasteiger partial charge in [-0.05, 0) is 41.7 Å². The molecule has 0 aliphatic carbocycles. The Kier molecular flexibility index (Phi) is 7.90. The van der Waals surface area contributed by atoms with E-state index in [0.717, 1.165) is 24.0 Å². The Morgan fingerprint density at radius 1 is 1.03 bits per heavy atom. The Labute approximate surface area is 169 Å². The number of amides is 3. The van der Waals surface area contributed by atoms with E-state index < -0.39 is 17.7 Å². The average Bonchev–Trinajstić information content (AvgIpc) is 2.72. The third-order valence-corrected chi connectivity index (χ3v) is 4.06. The van der Waals surface area contributed by atoms with Crippen LogP contribution in [0.15, 0.2) is 47.6 Å². The highest BCUT2D eigenvalue weighted by Gasteiger charge is 2.16. The molecule has 0 fully saturated rings. The SMILES string of the molecule is CCc1cccc(CC)c1NC(=O)C(=O)N/N=C\c1cccc(OCC(N)=O)c1. The molecule has 3 amide bonds. The van der Waals surface area contributed by atoms with Gasteiger partial charge in [-0.25, -0.2) is 5.43 Å². The molecule has 2 aromatic rings. The molecular weight excluding hydrogens is 372 g/mol. The van der Waals surface area contributed by atoms with E-state index in [-0.39, 0.29) is 6.61 Å². The number of nitrogens with two attached hydrogens (primary N) is 1. The lowest BCUT2D eigenvalue weighted by Gasteiger charge is -2.13. The molecule has 4 N–H and O–H groups in total. The Morgan fingerprint density at radius 3 is 2.31 bits per heavy atom. The molecule has 0 aliphatic heterocycles. The molecule has 0 radical (unpaired) electrons. The second-order valence-electron chi connectivity index (χ2n) is 6.14. The van der Waals surface area contributed by atoms with Crippen LogP contribution < -0.4 is 21.2 Å². The number of rotatable bonds is 8. The minimum Gasteiger partial charge on any atom is -0.484 e. The summed E-state index contributed by atoms with van der Waals surface area (Å²) in [6.45, 7) is 3.72. The van der Waals surface area contributed by atoms with Crippen LogP contribution in [0.1, 0.15) is 30.5 Å². The lowest BCUT2D eigenvalue weighted by molar-refractivity contribution is -0.136. The summed E-state index contributed by atoms with van der Waals surface area (Å²) in [6.07, 6.45) is 2.83. The number of carbonyl (C=O) groups is 3. The molecule has 2 rings (SSSR count). The van der Waals surface area contributed by atoms with Gasteiger partial charge < -0.3 is 15.8 Å². The molecule has 0 aliphatic rings. The fourth-order valence-corrected chi connectivity index (χ4v) is 2.63. The van der Waals surface area contributed by atoms with E-state index in [1.807, 2.05) is 32.0 Å². The van der Waals surface area contributed by atoms with Crippen molar-refractivity contribution in [1.82, 2.24) is 5.43 Å². The largest absolute Gasteiger partial charge is 0.484 e. The molecular formula is C21H24N4O4. The van der Waals surface area contributed by atoms with Crippen molar-refractivity contribution in [1.29, 1.82) is 0 Å². The molecule has 2 aromatic carbocycles. The lowest BCUT2D eigenvalue weighted by Crippen LogP contribution is -2.33. The standard InChI is InChI=1S/C21H24N4O4/c1-3-15-8-6-9-16(4-2)19(15)24-20(27)21(28)25-23-12-14-7-5-10-17(11-14)29-13-18(22)26/h5-12H,3-4,13H2,1-2H3,(H2,22,26)(H,24,27)(H,25,28)/b23-12-. The van der Waals surface area contributed by atoms with Crippen LogP contribution in [0.25, 0.3) is 0 Å². The summed E-state index contributed by atoms with van der Waals surface area (Å²) in [7, 11) is 0. The van der Waals surface area contributed by atoms with E-state index >= 15 is 0 Å². The second-order valence-corrected chi connectivity index (χ2v) is 6.14. The lowest BCUT2D eigenvalue weighted by atomic mass is 10.0. The first-order valence-corrected chi connectivity index (χ1v) is 9.20. The van der Waals surface area contributed by atoms with Gasteiger partial charge in [-0.15, -0.1) is 0 Å². The number of primary amides is 1. The molecule has 0 spiro atoms. The number of benzene rings is 2. The van der Waals surface area contributed by atoms with Gasteiger partial charge in [0.05, 0.1) is 6.21 Å². The summed E-state index contributed by atoms with van der Waals surface area (Å²) in [4.78, 5) is 35.1. The van der Waals surface area contributed by atoms with Gasteiger partial charge in [0.15, 0.2) is 6.61 Å². The van der Waals surface area contributed by atoms with Crippen molar-refractivity contribution in [3.8, 4) is 5.75 Å². The highest BCUT2D eigenvalue weighted by Crippen LogP contribution is 2.22. The zero-order chi connectivity index (χ0) is 21.2. The van der Waals surface area contributed by atoms with E-state index in [4.69, 9.17) is 10.5 Å². The number of hydrogen-bond acceptors (Lipinski definition) is 5. The molecule has 8 nitrogen and oxygen atoms in total. The van der Waals surface area contributed by atoms with E-state index in [2.05, 4.69) is 15.8 Å². The molecule has 0 bridgehead atoms. The summed E-state index contributed by atoms with van der Waals surface area (Å²) in [5.41, 5.74) is 10.4. The molecule has 0 saturated carbocycles. The normalized spacial score (nSPS) is 10.6. The van der Waals surface area contributed by atoms with E-state index in [1.165, 1.54) is 6.21 Å². The van der Waals surface area contributed by atoms with Gasteiger partial charge in [0.2, 0.25) is 0 Å². The van der Waals surface area contributed by atoms with Gasteiger partial charge in [-0.2, -0.15) is 5.10 Å². The predicted molar refractivity (Wildman–Crippen MR) is 111 cm³/mol. The van der Waals surface area contributed by atoms with E-state index in [1.54, 1.807) is 24.3 Å². The van der Waals surface area contributed by atoms with Gasteiger partial charge in [-0.1, -0.05) is 44.2 Å². The molecule has 0 aromatic heterocycles. The fraction of sp³-hybridized carbons (Fsp3) is 0.238. The molecule has 0 unspecified atom stereocenters. The van der Waals surface area contributed by atoms with Crippen LogP contribution >= 0.6 is 0 Å². The maximum atomic E-state index is 12.2. The van der Waals surface area contributed by atoms with Crippen molar-refractivity contribution in [2.24, 2.45) is 10.8 Å². The number of nitrogens with zero attached hydrogens (tertiary/aromatic N) is 1. The van der Waals surface area contributed by atoms with Crippen LogP contribution in [0, 0.1) is 0 Å². The van der Waals surface area contributed by atoms with Crippen LogP contribution in [0.3, 0.4) is 0 Å². The zero-order valence-electron chi connectivity index (χ0n) is 16.4. The van der Waals surface area contributed by atoms with Crippen molar-refractivity contribution in [2.75, 3.05) is 11.9 Å². The molecule has 8 heteroatoms. The third kappa shape index (κ3) is 6.46. The van der Waals surface area contributed by atoms with Crippen LogP contribution in [0.4, 0.5) is 5.69 Å². The van der Waals surface area contributed by atoms with Crippen LogP contribution in [-0.4, -0.2) is 30.5 Å². The average molecular weight is 396 g/mol. The zero-order valence-corrected chi connectivity index (χ0v) is 16.4. The van der Waals surface area contributed by atoms with Gasteiger partial charge in [0.25, 0.3) is 5.91 Å². The van der Waals surface area contributed by atoms with Crippen LogP contribution in [0.2, 0.25) is 0 Å². The smallest absolute Gasteiger partial charge is 0.329 e. The van der Waals surface area contributed by atoms with E-state index in [9.17, 15) is 14.4 Å². The molecule has 0 heterocycles. The van der Waals surface area contributed by atoms with Gasteiger partial charge in [-0.3, -0.25) is 14.4 Å². The molecule has 152 valence electrons. The Bertz CT molecular complexity index is 902. The van der Waals surface area contributed by atoms with Gasteiger partial charge in [0, 0.05) is 5.69 Å². The minimum atomic E-state index is -0.879. The first kappa shape index (κ1) is 21.6. The molecule has 0 atom stereocenters. The van der Waals surface area contributed by atoms with Crippen molar-refractivity contribution in [3.63, 3.8) is 0 Å². The third-order valence-electron chi connectivity index (χ3n) is 4.06. The number of carbonyl (C=O) groups excluding carboxylic acids is 3. The number of aryl methyl sites for hydroxylation is 2. The van der Waals surface area contributed by atoms with E-state index in [0.29, 0.717) is 17.0 Å². The highest BCUT2D eigenvalue weighted by molar-refractivity contribution is 6.39.